The van der Waals surface area contributed by atoms with Crippen LogP contribution in [-0.2, 0) is 9.59 Å². The predicted octanol–water partition coefficient (Wildman–Crippen LogP) is 3.39. The first-order valence-electron chi connectivity index (χ1n) is 10.3. The zero-order chi connectivity index (χ0) is 23.8. The highest BCUT2D eigenvalue weighted by atomic mass is 19.1. The van der Waals surface area contributed by atoms with Crippen molar-refractivity contribution in [3.63, 3.8) is 0 Å². The number of carboxylic acids is 2. The molecule has 10 heteroatoms. The maximum atomic E-state index is 14.2. The van der Waals surface area contributed by atoms with Crippen LogP contribution in [-0.4, -0.2) is 51.6 Å². The largest absolute Gasteiger partial charge is 0.478 e. The Morgan fingerprint density at radius 2 is 1.76 bits per heavy atom. The number of aromatic nitrogens is 2. The van der Waals surface area contributed by atoms with E-state index in [9.17, 15) is 18.4 Å². The number of hydrogen-bond acceptors (Lipinski definition) is 5. The van der Waals surface area contributed by atoms with Gasteiger partial charge in [0.1, 0.15) is 5.69 Å². The lowest BCUT2D eigenvalue weighted by atomic mass is 10.0. The van der Waals surface area contributed by atoms with Gasteiger partial charge in [0.15, 0.2) is 11.6 Å². The number of hydrogen-bond donors (Lipinski definition) is 3. The summed E-state index contributed by atoms with van der Waals surface area (Å²) < 4.78 is 35.6. The van der Waals surface area contributed by atoms with Crippen molar-refractivity contribution in [1.82, 2.24) is 15.1 Å². The van der Waals surface area contributed by atoms with Crippen LogP contribution in [0.4, 0.5) is 8.78 Å². The number of ether oxygens (including phenoxy) is 1. The summed E-state index contributed by atoms with van der Waals surface area (Å²) in [5.74, 6) is -3.00. The molecule has 8 nitrogen and oxygen atoms in total. The number of carboxylic acid groups (broad SMARTS) is 2. The van der Waals surface area contributed by atoms with E-state index in [2.05, 4.69) is 10.4 Å². The standard InChI is InChI=1S/C19H19F2N3O.C4H4O4/c20-15-7-3-8-16(21)18(15)24-17-9-2-1-6-14(17)19(23-24)25-12-13-5-4-10-22-11-13;5-3(6)1-2-4(7)8/h1-3,6-9,13,22H,4-5,10-12H2;1-2H,(H,5,6)(H,7,8)/b;2-1-/t13-;/m0./s1. The van der Waals surface area contributed by atoms with Crippen molar-refractivity contribution < 1.29 is 33.3 Å². The Kier molecular flexibility index (Phi) is 8.09. The third-order valence-electron chi connectivity index (χ3n) is 4.93. The fourth-order valence-electron chi connectivity index (χ4n) is 3.41. The SMILES string of the molecule is Fc1cccc(F)c1-n1nc(OC[C@H]2CCCNC2)c2ccccc21.O=C(O)/C=C\C(=O)O. The summed E-state index contributed by atoms with van der Waals surface area (Å²) in [5.41, 5.74) is 0.427. The Labute approximate surface area is 188 Å². The van der Waals surface area contributed by atoms with E-state index in [0.29, 0.717) is 36.1 Å². The van der Waals surface area contributed by atoms with Crippen molar-refractivity contribution in [2.24, 2.45) is 5.92 Å². The highest BCUT2D eigenvalue weighted by Gasteiger charge is 2.20. The summed E-state index contributed by atoms with van der Waals surface area (Å²) in [5, 5.41) is 24.1. The number of benzene rings is 2. The van der Waals surface area contributed by atoms with Crippen LogP contribution in [0.15, 0.2) is 54.6 Å². The highest BCUT2D eigenvalue weighted by Crippen LogP contribution is 2.30. The zero-order valence-electron chi connectivity index (χ0n) is 17.6. The van der Waals surface area contributed by atoms with Crippen LogP contribution in [0.25, 0.3) is 16.6 Å². The Morgan fingerprint density at radius 1 is 1.09 bits per heavy atom. The Bertz CT molecular complexity index is 1120. The first kappa shape index (κ1) is 23.9. The van der Waals surface area contributed by atoms with Crippen molar-refractivity contribution in [3.8, 4) is 11.6 Å². The number of carbonyl (C=O) groups is 2. The molecule has 0 aliphatic carbocycles. The molecule has 3 N–H and O–H groups in total. The molecule has 0 unspecified atom stereocenters. The van der Waals surface area contributed by atoms with E-state index in [1.807, 2.05) is 18.2 Å². The van der Waals surface area contributed by atoms with Crippen LogP contribution in [0.2, 0.25) is 0 Å². The molecule has 0 amide bonds. The molecular weight excluding hydrogens is 436 g/mol. The summed E-state index contributed by atoms with van der Waals surface area (Å²) in [4.78, 5) is 19.1. The maximum absolute atomic E-state index is 14.2. The van der Waals surface area contributed by atoms with Crippen LogP contribution in [0.5, 0.6) is 5.88 Å². The van der Waals surface area contributed by atoms with Crippen molar-refractivity contribution in [2.45, 2.75) is 12.8 Å². The zero-order valence-corrected chi connectivity index (χ0v) is 17.6. The molecule has 0 spiro atoms. The van der Waals surface area contributed by atoms with Gasteiger partial charge in [-0.25, -0.2) is 23.1 Å². The van der Waals surface area contributed by atoms with Gasteiger partial charge in [0.2, 0.25) is 5.88 Å². The number of fused-ring (bicyclic) bond motifs is 1. The molecule has 0 saturated carbocycles. The lowest BCUT2D eigenvalue weighted by molar-refractivity contribution is -0.134. The molecule has 4 rings (SSSR count). The number of nitrogens with zero attached hydrogens (tertiary/aromatic N) is 2. The summed E-state index contributed by atoms with van der Waals surface area (Å²) >= 11 is 0. The predicted molar refractivity (Wildman–Crippen MR) is 116 cm³/mol. The molecule has 1 saturated heterocycles. The summed E-state index contributed by atoms with van der Waals surface area (Å²) in [7, 11) is 0. The van der Waals surface area contributed by atoms with Crippen LogP contribution in [0, 0.1) is 17.6 Å². The monoisotopic (exact) mass is 459 g/mol. The molecule has 174 valence electrons. The highest BCUT2D eigenvalue weighted by molar-refractivity contribution is 5.89. The lowest BCUT2D eigenvalue weighted by Gasteiger charge is -2.22. The fourth-order valence-corrected chi connectivity index (χ4v) is 3.41. The Hall–Kier alpha value is -3.79. The number of aliphatic carboxylic acids is 2. The molecule has 0 bridgehead atoms. The third kappa shape index (κ3) is 6.36. The van der Waals surface area contributed by atoms with Gasteiger partial charge in [0.25, 0.3) is 0 Å². The van der Waals surface area contributed by atoms with E-state index in [-0.39, 0.29) is 5.69 Å². The second-order valence-electron chi connectivity index (χ2n) is 7.34. The quantitative estimate of drug-likeness (QED) is 0.484. The van der Waals surface area contributed by atoms with Crippen LogP contribution < -0.4 is 10.1 Å². The van der Waals surface area contributed by atoms with E-state index in [1.54, 1.807) is 6.07 Å². The van der Waals surface area contributed by atoms with Crippen LogP contribution in [0.1, 0.15) is 12.8 Å². The molecular formula is C23H23F2N3O5. The molecule has 2 heterocycles. The van der Waals surface area contributed by atoms with Gasteiger partial charge < -0.3 is 20.3 Å². The van der Waals surface area contributed by atoms with Crippen molar-refractivity contribution in [2.75, 3.05) is 19.7 Å². The summed E-state index contributed by atoms with van der Waals surface area (Å²) in [6, 6.07) is 11.1. The number of piperidine rings is 1. The Morgan fingerprint density at radius 3 is 2.36 bits per heavy atom. The number of para-hydroxylation sites is 2. The Balaban J connectivity index is 0.000000331. The molecule has 1 fully saturated rings. The van der Waals surface area contributed by atoms with Gasteiger partial charge in [0, 0.05) is 24.6 Å². The fraction of sp³-hybridized carbons (Fsp3) is 0.261. The minimum atomic E-state index is -1.26. The van der Waals surface area contributed by atoms with E-state index in [0.717, 1.165) is 31.3 Å². The van der Waals surface area contributed by atoms with Crippen LogP contribution in [0.3, 0.4) is 0 Å². The number of nitrogens with one attached hydrogen (secondary N) is 1. The molecule has 0 radical (unpaired) electrons. The molecule has 1 aromatic heterocycles. The average molecular weight is 459 g/mol. The van der Waals surface area contributed by atoms with Crippen molar-refractivity contribution in [3.05, 3.63) is 66.3 Å². The molecule has 33 heavy (non-hydrogen) atoms. The van der Waals surface area contributed by atoms with E-state index < -0.39 is 23.6 Å². The molecule has 1 aliphatic heterocycles. The van der Waals surface area contributed by atoms with Crippen LogP contribution >= 0.6 is 0 Å². The van der Waals surface area contributed by atoms with Gasteiger partial charge in [-0.15, -0.1) is 5.10 Å². The minimum absolute atomic E-state index is 0.187. The second-order valence-corrected chi connectivity index (χ2v) is 7.34. The topological polar surface area (TPSA) is 114 Å². The number of halogens is 2. The molecule has 2 aromatic carbocycles. The van der Waals surface area contributed by atoms with Gasteiger partial charge in [-0.05, 0) is 43.7 Å². The van der Waals surface area contributed by atoms with Gasteiger partial charge in [-0.3, -0.25) is 0 Å². The van der Waals surface area contributed by atoms with Gasteiger partial charge in [0.05, 0.1) is 17.5 Å². The van der Waals surface area contributed by atoms with Crippen molar-refractivity contribution in [1.29, 1.82) is 0 Å². The molecule has 3 aromatic rings. The maximum Gasteiger partial charge on any atom is 0.328 e. The normalized spacial score (nSPS) is 15.8. The lowest BCUT2D eigenvalue weighted by Crippen LogP contribution is -2.33. The average Bonchev–Trinajstić information content (AvgIpc) is 3.16. The summed E-state index contributed by atoms with van der Waals surface area (Å²) in [6.07, 6.45) is 3.35. The minimum Gasteiger partial charge on any atom is -0.478 e. The van der Waals surface area contributed by atoms with E-state index >= 15 is 0 Å². The van der Waals surface area contributed by atoms with Gasteiger partial charge in [-0.1, -0.05) is 18.2 Å². The number of rotatable bonds is 6. The molecule has 1 atom stereocenters. The third-order valence-corrected chi connectivity index (χ3v) is 4.93. The first-order valence-corrected chi connectivity index (χ1v) is 10.3. The van der Waals surface area contributed by atoms with E-state index in [4.69, 9.17) is 14.9 Å². The summed E-state index contributed by atoms with van der Waals surface area (Å²) in [6.45, 7) is 2.50. The van der Waals surface area contributed by atoms with E-state index in [1.165, 1.54) is 22.9 Å². The van der Waals surface area contributed by atoms with Gasteiger partial charge >= 0.3 is 11.9 Å². The van der Waals surface area contributed by atoms with Gasteiger partial charge in [-0.2, -0.15) is 0 Å². The molecule has 1 aliphatic rings. The van der Waals surface area contributed by atoms with Crippen molar-refractivity contribution >= 4 is 22.8 Å². The smallest absolute Gasteiger partial charge is 0.328 e. The first-order chi connectivity index (χ1) is 15.9. The second kappa shape index (κ2) is 11.2.